The molecule has 80 valence electrons. The SMILES string of the molecule is NCCSCCOC(O)C(O)CO. The first-order valence-electron chi connectivity index (χ1n) is 4.08. The summed E-state index contributed by atoms with van der Waals surface area (Å²) in [7, 11) is 0. The Labute approximate surface area is 81.9 Å². The van der Waals surface area contributed by atoms with Crippen molar-refractivity contribution in [2.24, 2.45) is 5.73 Å². The minimum atomic E-state index is -1.30. The highest BCUT2D eigenvalue weighted by Gasteiger charge is 2.14. The predicted octanol–water partition coefficient (Wildman–Crippen LogP) is -1.63. The van der Waals surface area contributed by atoms with Crippen molar-refractivity contribution < 1.29 is 20.1 Å². The molecule has 0 rings (SSSR count). The maximum Gasteiger partial charge on any atom is 0.183 e. The Hall–Kier alpha value is 0.150. The molecule has 2 atom stereocenters. The molecule has 0 aliphatic heterocycles. The van der Waals surface area contributed by atoms with Gasteiger partial charge in [0, 0.05) is 18.1 Å². The average molecular weight is 211 g/mol. The maximum absolute atomic E-state index is 9.01. The van der Waals surface area contributed by atoms with E-state index in [9.17, 15) is 0 Å². The molecule has 0 bridgehead atoms. The molecule has 0 spiro atoms. The number of ether oxygens (including phenoxy) is 1. The average Bonchev–Trinajstić information content (AvgIpc) is 2.16. The van der Waals surface area contributed by atoms with Crippen LogP contribution in [-0.2, 0) is 4.74 Å². The smallest absolute Gasteiger partial charge is 0.183 e. The first-order valence-corrected chi connectivity index (χ1v) is 5.24. The Balaban J connectivity index is 3.21. The molecule has 13 heavy (non-hydrogen) atoms. The van der Waals surface area contributed by atoms with Crippen molar-refractivity contribution >= 4 is 11.8 Å². The second-order valence-corrected chi connectivity index (χ2v) is 3.64. The Bertz CT molecular complexity index is 117. The molecule has 0 radical (unpaired) electrons. The third-order valence-corrected chi connectivity index (χ3v) is 2.27. The first kappa shape index (κ1) is 13.2. The molecular formula is C7H17NO4S. The molecule has 2 unspecified atom stereocenters. The van der Waals surface area contributed by atoms with Crippen LogP contribution < -0.4 is 5.73 Å². The fourth-order valence-electron chi connectivity index (χ4n) is 0.614. The highest BCUT2D eigenvalue weighted by molar-refractivity contribution is 7.99. The fraction of sp³-hybridized carbons (Fsp3) is 1.00. The molecule has 0 fully saturated rings. The summed E-state index contributed by atoms with van der Waals surface area (Å²) in [5, 5.41) is 26.3. The van der Waals surface area contributed by atoms with Gasteiger partial charge in [0.15, 0.2) is 6.29 Å². The van der Waals surface area contributed by atoms with E-state index < -0.39 is 19.0 Å². The summed E-state index contributed by atoms with van der Waals surface area (Å²) in [4.78, 5) is 0. The molecule has 0 aromatic heterocycles. The second-order valence-electron chi connectivity index (χ2n) is 2.41. The standard InChI is InChI=1S/C7H17NO4S/c8-1-3-13-4-2-12-7(11)6(10)5-9/h6-7,9-11H,1-5,8H2. The number of hydrogen-bond acceptors (Lipinski definition) is 6. The van der Waals surface area contributed by atoms with Gasteiger partial charge in [-0.05, 0) is 0 Å². The highest BCUT2D eigenvalue weighted by Crippen LogP contribution is 2.00. The summed E-state index contributed by atoms with van der Waals surface area (Å²) < 4.78 is 4.83. The number of nitrogens with two attached hydrogens (primary N) is 1. The van der Waals surface area contributed by atoms with Crippen LogP contribution in [0.3, 0.4) is 0 Å². The van der Waals surface area contributed by atoms with Crippen LogP contribution in [0.2, 0.25) is 0 Å². The molecule has 0 aromatic rings. The molecule has 0 aliphatic rings. The van der Waals surface area contributed by atoms with Crippen LogP contribution >= 0.6 is 11.8 Å². The Morgan fingerprint density at radius 1 is 1.31 bits per heavy atom. The molecule has 0 aliphatic carbocycles. The van der Waals surface area contributed by atoms with Crippen molar-refractivity contribution in [3.63, 3.8) is 0 Å². The number of hydrogen-bond donors (Lipinski definition) is 4. The number of aliphatic hydroxyl groups is 3. The van der Waals surface area contributed by atoms with Crippen molar-refractivity contribution in [1.82, 2.24) is 0 Å². The van der Waals surface area contributed by atoms with E-state index in [1.807, 2.05) is 0 Å². The van der Waals surface area contributed by atoms with Crippen molar-refractivity contribution in [2.45, 2.75) is 12.4 Å². The van der Waals surface area contributed by atoms with Crippen LogP contribution in [0.25, 0.3) is 0 Å². The number of thioether (sulfide) groups is 1. The van der Waals surface area contributed by atoms with Gasteiger partial charge < -0.3 is 25.8 Å². The molecule has 0 aromatic carbocycles. The second kappa shape index (κ2) is 8.74. The summed E-state index contributed by atoms with van der Waals surface area (Å²) in [5.41, 5.74) is 5.26. The number of aliphatic hydroxyl groups excluding tert-OH is 3. The van der Waals surface area contributed by atoms with Gasteiger partial charge in [0.1, 0.15) is 6.10 Å². The maximum atomic E-state index is 9.01. The van der Waals surface area contributed by atoms with Gasteiger partial charge in [-0.3, -0.25) is 0 Å². The van der Waals surface area contributed by atoms with Crippen molar-refractivity contribution in [3.8, 4) is 0 Å². The third kappa shape index (κ3) is 7.24. The van der Waals surface area contributed by atoms with Gasteiger partial charge in [0.05, 0.1) is 13.2 Å². The van der Waals surface area contributed by atoms with Crippen molar-refractivity contribution in [3.05, 3.63) is 0 Å². The summed E-state index contributed by atoms with van der Waals surface area (Å²) in [6.07, 6.45) is -2.53. The molecule has 0 saturated heterocycles. The van der Waals surface area contributed by atoms with Crippen LogP contribution in [-0.4, -0.2) is 59.0 Å². The van der Waals surface area contributed by atoms with E-state index in [0.29, 0.717) is 18.9 Å². The Morgan fingerprint density at radius 3 is 2.54 bits per heavy atom. The summed E-state index contributed by atoms with van der Waals surface area (Å²) in [6, 6.07) is 0. The summed E-state index contributed by atoms with van der Waals surface area (Å²) >= 11 is 1.61. The lowest BCUT2D eigenvalue weighted by molar-refractivity contribution is -0.167. The van der Waals surface area contributed by atoms with Crippen LogP contribution in [0.5, 0.6) is 0 Å². The van der Waals surface area contributed by atoms with Gasteiger partial charge in [0.25, 0.3) is 0 Å². The number of rotatable bonds is 8. The van der Waals surface area contributed by atoms with E-state index in [0.717, 1.165) is 5.75 Å². The van der Waals surface area contributed by atoms with E-state index in [2.05, 4.69) is 0 Å². The van der Waals surface area contributed by atoms with Gasteiger partial charge in [0.2, 0.25) is 0 Å². The predicted molar refractivity (Wildman–Crippen MR) is 51.4 cm³/mol. The summed E-state index contributed by atoms with van der Waals surface area (Å²) in [6.45, 7) is 0.451. The van der Waals surface area contributed by atoms with E-state index in [1.165, 1.54) is 0 Å². The monoisotopic (exact) mass is 211 g/mol. The molecule has 0 heterocycles. The van der Waals surface area contributed by atoms with E-state index in [-0.39, 0.29) is 0 Å². The Kier molecular flexibility index (Phi) is 8.84. The van der Waals surface area contributed by atoms with Crippen LogP contribution in [0.4, 0.5) is 0 Å². The molecule has 0 saturated carbocycles. The molecular weight excluding hydrogens is 194 g/mol. The minimum Gasteiger partial charge on any atom is -0.393 e. The van der Waals surface area contributed by atoms with E-state index >= 15 is 0 Å². The van der Waals surface area contributed by atoms with Crippen LogP contribution in [0, 0.1) is 0 Å². The first-order chi connectivity index (χ1) is 6.22. The third-order valence-electron chi connectivity index (χ3n) is 1.29. The van der Waals surface area contributed by atoms with Crippen LogP contribution in [0.1, 0.15) is 0 Å². The zero-order valence-corrected chi connectivity index (χ0v) is 8.24. The minimum absolute atomic E-state index is 0.336. The van der Waals surface area contributed by atoms with Crippen molar-refractivity contribution in [1.29, 1.82) is 0 Å². The molecule has 5 N–H and O–H groups in total. The molecule has 6 heteroatoms. The topological polar surface area (TPSA) is 95.9 Å². The van der Waals surface area contributed by atoms with E-state index in [1.54, 1.807) is 11.8 Å². The van der Waals surface area contributed by atoms with Gasteiger partial charge in [-0.1, -0.05) is 0 Å². The summed E-state index contributed by atoms with van der Waals surface area (Å²) in [5.74, 6) is 1.56. The van der Waals surface area contributed by atoms with Gasteiger partial charge >= 0.3 is 0 Å². The fourth-order valence-corrected chi connectivity index (χ4v) is 1.20. The van der Waals surface area contributed by atoms with Crippen molar-refractivity contribution in [2.75, 3.05) is 31.3 Å². The van der Waals surface area contributed by atoms with Gasteiger partial charge in [-0.2, -0.15) is 11.8 Å². The lowest BCUT2D eigenvalue weighted by Gasteiger charge is -2.15. The zero-order chi connectivity index (χ0) is 10.1. The van der Waals surface area contributed by atoms with E-state index in [4.69, 9.17) is 25.8 Å². The lowest BCUT2D eigenvalue weighted by atomic mass is 10.4. The highest BCUT2D eigenvalue weighted by atomic mass is 32.2. The zero-order valence-electron chi connectivity index (χ0n) is 7.43. The normalized spacial score (nSPS) is 15.7. The quantitative estimate of drug-likeness (QED) is 0.284. The molecule has 0 amide bonds. The van der Waals surface area contributed by atoms with Gasteiger partial charge in [-0.25, -0.2) is 0 Å². The van der Waals surface area contributed by atoms with Crippen LogP contribution in [0.15, 0.2) is 0 Å². The largest absolute Gasteiger partial charge is 0.393 e. The lowest BCUT2D eigenvalue weighted by Crippen LogP contribution is -2.32. The Morgan fingerprint density at radius 2 is 2.00 bits per heavy atom. The van der Waals surface area contributed by atoms with Gasteiger partial charge in [-0.15, -0.1) is 0 Å². The molecule has 5 nitrogen and oxygen atoms in total.